The fraction of sp³-hybridized carbons (Fsp3) is 0.429. The van der Waals surface area contributed by atoms with Gasteiger partial charge in [0, 0.05) is 25.2 Å². The number of non-ortho nitro benzene ring substituents is 1. The summed E-state index contributed by atoms with van der Waals surface area (Å²) in [5.41, 5.74) is 0.603. The van der Waals surface area contributed by atoms with Gasteiger partial charge in [0.2, 0.25) is 5.91 Å². The zero-order valence-electron chi connectivity index (χ0n) is 12.4. The van der Waals surface area contributed by atoms with Crippen LogP contribution in [0.3, 0.4) is 0 Å². The Kier molecular flexibility index (Phi) is 4.89. The Labute approximate surface area is 137 Å². The molecule has 1 aromatic rings. The molecule has 0 unspecified atom stereocenters. The Bertz CT molecular complexity index is 628. The maximum Gasteiger partial charge on any atom is 0.269 e. The van der Waals surface area contributed by atoms with Gasteiger partial charge in [0.1, 0.15) is 0 Å². The molecule has 0 aromatic heterocycles. The number of carbonyl (C=O) groups is 1. The lowest BCUT2D eigenvalue weighted by Gasteiger charge is -2.25. The summed E-state index contributed by atoms with van der Waals surface area (Å²) in [6, 6.07) is 5.94. The SMILES string of the molecule is O=C1CSC(=NCN2CCOCC2)N1c1ccc([N+](=O)[O-])cc1. The van der Waals surface area contributed by atoms with Gasteiger partial charge in [-0.2, -0.15) is 0 Å². The van der Waals surface area contributed by atoms with Crippen molar-refractivity contribution in [1.82, 2.24) is 4.90 Å². The predicted molar refractivity (Wildman–Crippen MR) is 87.7 cm³/mol. The number of aliphatic imine (C=N–C) groups is 1. The Hall–Kier alpha value is -1.97. The molecule has 1 aromatic carbocycles. The summed E-state index contributed by atoms with van der Waals surface area (Å²) in [5, 5.41) is 11.4. The van der Waals surface area contributed by atoms with Crippen LogP contribution in [0.1, 0.15) is 0 Å². The number of thioether (sulfide) groups is 1. The van der Waals surface area contributed by atoms with Crippen LogP contribution in [0.4, 0.5) is 11.4 Å². The van der Waals surface area contributed by atoms with Crippen molar-refractivity contribution in [3.05, 3.63) is 34.4 Å². The zero-order chi connectivity index (χ0) is 16.2. The van der Waals surface area contributed by atoms with Crippen molar-refractivity contribution < 1.29 is 14.5 Å². The van der Waals surface area contributed by atoms with E-state index in [4.69, 9.17) is 4.74 Å². The molecular formula is C14H16N4O4S. The molecule has 2 fully saturated rings. The molecule has 0 spiro atoms. The molecule has 0 saturated carbocycles. The summed E-state index contributed by atoms with van der Waals surface area (Å²) >= 11 is 1.39. The lowest BCUT2D eigenvalue weighted by atomic mass is 10.2. The highest BCUT2D eigenvalue weighted by atomic mass is 32.2. The molecular weight excluding hydrogens is 320 g/mol. The molecule has 2 aliphatic rings. The zero-order valence-corrected chi connectivity index (χ0v) is 13.2. The van der Waals surface area contributed by atoms with Crippen LogP contribution in [0, 0.1) is 10.1 Å². The number of rotatable bonds is 4. The fourth-order valence-electron chi connectivity index (χ4n) is 2.36. The Morgan fingerprint density at radius 3 is 2.61 bits per heavy atom. The van der Waals surface area contributed by atoms with Crippen molar-refractivity contribution in [3.8, 4) is 0 Å². The molecule has 8 nitrogen and oxygen atoms in total. The highest BCUT2D eigenvalue weighted by Crippen LogP contribution is 2.28. The standard InChI is InChI=1S/C14H16N4O4S/c19-13-9-23-14(15-10-16-5-7-22-8-6-16)17(13)11-1-3-12(4-2-11)18(20)21/h1-4H,5-10H2. The second-order valence-electron chi connectivity index (χ2n) is 5.10. The molecule has 0 aliphatic carbocycles. The molecule has 23 heavy (non-hydrogen) atoms. The first-order valence-corrected chi connectivity index (χ1v) is 8.18. The van der Waals surface area contributed by atoms with Crippen molar-refractivity contribution in [3.63, 3.8) is 0 Å². The van der Waals surface area contributed by atoms with Gasteiger partial charge in [0.25, 0.3) is 5.69 Å². The molecule has 0 atom stereocenters. The van der Waals surface area contributed by atoms with E-state index in [9.17, 15) is 14.9 Å². The quantitative estimate of drug-likeness (QED) is 0.609. The minimum absolute atomic E-state index is 0.000135. The summed E-state index contributed by atoms with van der Waals surface area (Å²) in [5.74, 6) is 0.267. The maximum absolute atomic E-state index is 12.1. The maximum atomic E-state index is 12.1. The molecule has 2 aliphatic heterocycles. The van der Waals surface area contributed by atoms with Gasteiger partial charge in [0.15, 0.2) is 5.17 Å². The van der Waals surface area contributed by atoms with Gasteiger partial charge in [-0.25, -0.2) is 4.99 Å². The molecule has 1 amide bonds. The molecule has 3 rings (SSSR count). The smallest absolute Gasteiger partial charge is 0.269 e. The number of amides is 1. The highest BCUT2D eigenvalue weighted by Gasteiger charge is 2.30. The van der Waals surface area contributed by atoms with Gasteiger partial charge < -0.3 is 4.74 Å². The summed E-state index contributed by atoms with van der Waals surface area (Å²) in [6.45, 7) is 3.56. The van der Waals surface area contributed by atoms with E-state index in [-0.39, 0.29) is 11.6 Å². The number of nitro benzene ring substituents is 1. The second-order valence-corrected chi connectivity index (χ2v) is 6.05. The van der Waals surface area contributed by atoms with Crippen LogP contribution in [0.25, 0.3) is 0 Å². The summed E-state index contributed by atoms with van der Waals surface area (Å²) < 4.78 is 5.29. The van der Waals surface area contributed by atoms with Gasteiger partial charge >= 0.3 is 0 Å². The molecule has 0 radical (unpaired) electrons. The Morgan fingerprint density at radius 1 is 1.26 bits per heavy atom. The number of amidine groups is 1. The van der Waals surface area contributed by atoms with Crippen molar-refractivity contribution in [1.29, 1.82) is 0 Å². The van der Waals surface area contributed by atoms with Crippen LogP contribution in [-0.4, -0.2) is 59.6 Å². The number of hydrogen-bond donors (Lipinski definition) is 0. The second kappa shape index (κ2) is 7.07. The van der Waals surface area contributed by atoms with E-state index in [0.29, 0.717) is 36.5 Å². The molecule has 2 saturated heterocycles. The first-order valence-electron chi connectivity index (χ1n) is 7.20. The van der Waals surface area contributed by atoms with Crippen molar-refractivity contribution in [2.45, 2.75) is 0 Å². The monoisotopic (exact) mass is 336 g/mol. The van der Waals surface area contributed by atoms with Gasteiger partial charge in [-0.1, -0.05) is 11.8 Å². The average molecular weight is 336 g/mol. The van der Waals surface area contributed by atoms with Gasteiger partial charge in [-0.05, 0) is 12.1 Å². The van der Waals surface area contributed by atoms with Gasteiger partial charge in [-0.3, -0.25) is 24.7 Å². The van der Waals surface area contributed by atoms with E-state index < -0.39 is 4.92 Å². The van der Waals surface area contributed by atoms with Crippen LogP contribution < -0.4 is 4.90 Å². The number of anilines is 1. The van der Waals surface area contributed by atoms with Crippen molar-refractivity contribution in [2.75, 3.05) is 43.6 Å². The van der Waals surface area contributed by atoms with Gasteiger partial charge in [-0.15, -0.1) is 0 Å². The third-order valence-electron chi connectivity index (χ3n) is 3.59. The number of benzene rings is 1. The fourth-order valence-corrected chi connectivity index (χ4v) is 3.23. The lowest BCUT2D eigenvalue weighted by Crippen LogP contribution is -2.37. The number of nitrogens with zero attached hydrogens (tertiary/aromatic N) is 4. The largest absolute Gasteiger partial charge is 0.379 e. The van der Waals surface area contributed by atoms with E-state index in [1.165, 1.54) is 28.8 Å². The summed E-state index contributed by atoms with van der Waals surface area (Å²) in [7, 11) is 0. The normalized spacial score (nSPS) is 21.1. The predicted octanol–water partition coefficient (Wildman–Crippen LogP) is 1.32. The Balaban J connectivity index is 1.74. The van der Waals surface area contributed by atoms with E-state index in [0.717, 1.165) is 13.1 Å². The number of ether oxygens (including phenoxy) is 1. The van der Waals surface area contributed by atoms with E-state index in [1.807, 2.05) is 0 Å². The first kappa shape index (κ1) is 15.9. The van der Waals surface area contributed by atoms with Crippen LogP contribution in [0.5, 0.6) is 0 Å². The van der Waals surface area contributed by atoms with E-state index in [2.05, 4.69) is 9.89 Å². The molecule has 0 bridgehead atoms. The van der Waals surface area contributed by atoms with Crippen LogP contribution in [0.2, 0.25) is 0 Å². The van der Waals surface area contributed by atoms with Crippen molar-refractivity contribution in [2.24, 2.45) is 4.99 Å². The number of hydrogen-bond acceptors (Lipinski definition) is 7. The van der Waals surface area contributed by atoms with E-state index >= 15 is 0 Å². The van der Waals surface area contributed by atoms with E-state index in [1.54, 1.807) is 12.1 Å². The highest BCUT2D eigenvalue weighted by molar-refractivity contribution is 8.15. The Morgan fingerprint density at radius 2 is 1.96 bits per heavy atom. The third kappa shape index (κ3) is 3.69. The van der Waals surface area contributed by atoms with Crippen LogP contribution >= 0.6 is 11.8 Å². The number of morpholine rings is 1. The minimum Gasteiger partial charge on any atom is -0.379 e. The minimum atomic E-state index is -0.461. The molecule has 122 valence electrons. The lowest BCUT2D eigenvalue weighted by molar-refractivity contribution is -0.384. The summed E-state index contributed by atoms with van der Waals surface area (Å²) in [4.78, 5) is 30.6. The summed E-state index contributed by atoms with van der Waals surface area (Å²) in [6.07, 6.45) is 0. The van der Waals surface area contributed by atoms with Crippen molar-refractivity contribution >= 4 is 34.2 Å². The third-order valence-corrected chi connectivity index (χ3v) is 4.55. The average Bonchev–Trinajstić information content (AvgIpc) is 2.95. The number of nitro groups is 1. The number of carbonyl (C=O) groups excluding carboxylic acids is 1. The topological polar surface area (TPSA) is 88.3 Å². The molecule has 9 heteroatoms. The first-order chi connectivity index (χ1) is 11.1. The van der Waals surface area contributed by atoms with Gasteiger partial charge in [0.05, 0.1) is 36.2 Å². The van der Waals surface area contributed by atoms with Crippen LogP contribution in [-0.2, 0) is 9.53 Å². The van der Waals surface area contributed by atoms with Crippen LogP contribution in [0.15, 0.2) is 29.3 Å². The molecule has 0 N–H and O–H groups in total. The molecule has 2 heterocycles.